The number of amides is 1. The van der Waals surface area contributed by atoms with Crippen LogP contribution in [0.1, 0.15) is 43.2 Å². The van der Waals surface area contributed by atoms with E-state index < -0.39 is 10.0 Å². The minimum absolute atomic E-state index is 0.0180. The first-order valence-electron chi connectivity index (χ1n) is 11.5. The first-order chi connectivity index (χ1) is 16.2. The molecule has 2 aromatic carbocycles. The maximum absolute atomic E-state index is 13.7. The molecule has 1 aliphatic rings. The largest absolute Gasteiger partial charge is 0.493 e. The summed E-state index contributed by atoms with van der Waals surface area (Å²) in [6.45, 7) is 3.96. The quantitative estimate of drug-likeness (QED) is 0.499. The number of carbonyl (C=O) groups is 1. The van der Waals surface area contributed by atoms with Gasteiger partial charge in [0.25, 0.3) is 10.0 Å². The summed E-state index contributed by atoms with van der Waals surface area (Å²) >= 11 is 0. The SMILES string of the molecule is COc1ccc(S(=O)(=O)N(CC(=O)NCCC2=CCCCC2)c2cc(C)cc(C)c2)cc1OC. The Balaban J connectivity index is 1.87. The van der Waals surface area contributed by atoms with Gasteiger partial charge in [-0.05, 0) is 81.3 Å². The molecule has 1 aliphatic carbocycles. The summed E-state index contributed by atoms with van der Waals surface area (Å²) < 4.78 is 39.1. The molecule has 0 bridgehead atoms. The van der Waals surface area contributed by atoms with E-state index in [0.717, 1.165) is 34.7 Å². The molecule has 1 amide bonds. The van der Waals surface area contributed by atoms with E-state index in [1.165, 1.54) is 44.8 Å². The number of hydrogen-bond acceptors (Lipinski definition) is 5. The van der Waals surface area contributed by atoms with E-state index in [2.05, 4.69) is 11.4 Å². The van der Waals surface area contributed by atoms with Crippen LogP contribution in [-0.2, 0) is 14.8 Å². The van der Waals surface area contributed by atoms with E-state index in [4.69, 9.17) is 9.47 Å². The molecule has 1 N–H and O–H groups in total. The van der Waals surface area contributed by atoms with Crippen LogP contribution < -0.4 is 19.1 Å². The molecule has 3 rings (SSSR count). The average molecular weight is 487 g/mol. The molecule has 0 radical (unpaired) electrons. The van der Waals surface area contributed by atoms with Crippen molar-refractivity contribution < 1.29 is 22.7 Å². The number of allylic oxidation sites excluding steroid dienone is 1. The summed E-state index contributed by atoms with van der Waals surface area (Å²) in [5, 5.41) is 2.89. The van der Waals surface area contributed by atoms with Crippen LogP contribution in [0.5, 0.6) is 11.5 Å². The number of aryl methyl sites for hydroxylation is 2. The molecular formula is C26H34N2O5S. The van der Waals surface area contributed by atoms with Gasteiger partial charge in [-0.15, -0.1) is 0 Å². The van der Waals surface area contributed by atoms with Gasteiger partial charge in [0.1, 0.15) is 6.54 Å². The highest BCUT2D eigenvalue weighted by molar-refractivity contribution is 7.92. The van der Waals surface area contributed by atoms with Gasteiger partial charge in [0.2, 0.25) is 5.91 Å². The lowest BCUT2D eigenvalue weighted by Crippen LogP contribution is -2.41. The number of nitrogens with one attached hydrogen (secondary N) is 1. The third-order valence-corrected chi connectivity index (χ3v) is 7.65. The second kappa shape index (κ2) is 11.4. The van der Waals surface area contributed by atoms with Crippen LogP contribution in [0.4, 0.5) is 5.69 Å². The van der Waals surface area contributed by atoms with E-state index in [0.29, 0.717) is 23.7 Å². The second-order valence-corrected chi connectivity index (χ2v) is 10.4. The number of methoxy groups -OCH3 is 2. The highest BCUT2D eigenvalue weighted by Crippen LogP contribution is 2.32. The number of carbonyl (C=O) groups excluding carboxylic acids is 1. The van der Waals surface area contributed by atoms with Crippen molar-refractivity contribution in [3.05, 3.63) is 59.2 Å². The Morgan fingerprint density at radius 1 is 1.00 bits per heavy atom. The predicted octanol–water partition coefficient (Wildman–Crippen LogP) is 4.52. The summed E-state index contributed by atoms with van der Waals surface area (Å²) in [7, 11) is -1.12. The van der Waals surface area contributed by atoms with Crippen molar-refractivity contribution in [3.63, 3.8) is 0 Å². The van der Waals surface area contributed by atoms with Gasteiger partial charge in [0.05, 0.1) is 24.8 Å². The molecule has 0 spiro atoms. The summed E-state index contributed by atoms with van der Waals surface area (Å²) in [6, 6.07) is 9.92. The Hall–Kier alpha value is -3.00. The summed E-state index contributed by atoms with van der Waals surface area (Å²) in [5.41, 5.74) is 3.62. The molecule has 0 saturated heterocycles. The Kier molecular flexibility index (Phi) is 8.61. The van der Waals surface area contributed by atoms with Gasteiger partial charge in [-0.3, -0.25) is 9.10 Å². The third kappa shape index (κ3) is 6.32. The number of ether oxygens (including phenoxy) is 2. The molecule has 0 fully saturated rings. The summed E-state index contributed by atoms with van der Waals surface area (Å²) in [5.74, 6) is 0.378. The number of anilines is 1. The van der Waals surface area contributed by atoms with Crippen LogP contribution in [0.15, 0.2) is 52.9 Å². The van der Waals surface area contributed by atoms with E-state index in [9.17, 15) is 13.2 Å². The highest BCUT2D eigenvalue weighted by atomic mass is 32.2. The van der Waals surface area contributed by atoms with Gasteiger partial charge >= 0.3 is 0 Å². The minimum Gasteiger partial charge on any atom is -0.493 e. The minimum atomic E-state index is -4.06. The molecule has 0 saturated carbocycles. The van der Waals surface area contributed by atoms with Crippen LogP contribution in [0.2, 0.25) is 0 Å². The third-order valence-electron chi connectivity index (χ3n) is 5.88. The molecule has 34 heavy (non-hydrogen) atoms. The predicted molar refractivity (Wildman–Crippen MR) is 134 cm³/mol. The Morgan fingerprint density at radius 3 is 2.32 bits per heavy atom. The summed E-state index contributed by atoms with van der Waals surface area (Å²) in [6.07, 6.45) is 7.60. The number of sulfonamides is 1. The van der Waals surface area contributed by atoms with Gasteiger partial charge in [0.15, 0.2) is 11.5 Å². The number of nitrogens with zero attached hydrogens (tertiary/aromatic N) is 1. The van der Waals surface area contributed by atoms with Crippen LogP contribution in [0.25, 0.3) is 0 Å². The maximum atomic E-state index is 13.7. The molecule has 2 aromatic rings. The van der Waals surface area contributed by atoms with Crippen molar-refractivity contribution >= 4 is 21.6 Å². The van der Waals surface area contributed by atoms with Crippen LogP contribution in [0.3, 0.4) is 0 Å². The first-order valence-corrected chi connectivity index (χ1v) is 13.0. The van der Waals surface area contributed by atoms with E-state index >= 15 is 0 Å². The molecule has 184 valence electrons. The molecule has 0 heterocycles. The van der Waals surface area contributed by atoms with Crippen molar-refractivity contribution in [1.29, 1.82) is 0 Å². The fraction of sp³-hybridized carbons (Fsp3) is 0.423. The topological polar surface area (TPSA) is 84.9 Å². The molecule has 7 nitrogen and oxygen atoms in total. The zero-order valence-corrected chi connectivity index (χ0v) is 21.2. The van der Waals surface area contributed by atoms with Crippen LogP contribution >= 0.6 is 0 Å². The molecule has 0 atom stereocenters. The van der Waals surface area contributed by atoms with Gasteiger partial charge in [0, 0.05) is 12.6 Å². The number of benzene rings is 2. The lowest BCUT2D eigenvalue weighted by molar-refractivity contribution is -0.119. The van der Waals surface area contributed by atoms with Gasteiger partial charge in [-0.2, -0.15) is 0 Å². The first kappa shape index (κ1) is 25.6. The van der Waals surface area contributed by atoms with Crippen molar-refractivity contribution in [1.82, 2.24) is 5.32 Å². The number of rotatable bonds is 10. The molecular weight excluding hydrogens is 452 g/mol. The van der Waals surface area contributed by atoms with E-state index in [1.807, 2.05) is 19.9 Å². The van der Waals surface area contributed by atoms with E-state index in [1.54, 1.807) is 18.2 Å². The Bertz CT molecular complexity index is 1140. The van der Waals surface area contributed by atoms with E-state index in [-0.39, 0.29) is 17.3 Å². The average Bonchev–Trinajstić information content (AvgIpc) is 2.82. The smallest absolute Gasteiger partial charge is 0.264 e. The number of hydrogen-bond donors (Lipinski definition) is 1. The van der Waals surface area contributed by atoms with Crippen molar-refractivity contribution in [2.24, 2.45) is 0 Å². The van der Waals surface area contributed by atoms with Gasteiger partial charge < -0.3 is 14.8 Å². The van der Waals surface area contributed by atoms with Crippen molar-refractivity contribution in [2.45, 2.75) is 50.8 Å². The zero-order valence-electron chi connectivity index (χ0n) is 20.4. The van der Waals surface area contributed by atoms with Gasteiger partial charge in [-0.1, -0.05) is 17.7 Å². The lowest BCUT2D eigenvalue weighted by atomic mass is 9.97. The van der Waals surface area contributed by atoms with Gasteiger partial charge in [-0.25, -0.2) is 8.42 Å². The molecule has 8 heteroatoms. The highest BCUT2D eigenvalue weighted by Gasteiger charge is 2.28. The monoisotopic (exact) mass is 486 g/mol. The van der Waals surface area contributed by atoms with Crippen LogP contribution in [-0.4, -0.2) is 41.6 Å². The van der Waals surface area contributed by atoms with Crippen molar-refractivity contribution in [2.75, 3.05) is 31.6 Å². The standard InChI is InChI=1S/C26H34N2O5S/c1-19-14-20(2)16-22(15-19)28(18-26(29)27-13-12-21-8-6-5-7-9-21)34(30,31)23-10-11-24(32-3)25(17-23)33-4/h8,10-11,14-17H,5-7,9,12-13,18H2,1-4H3,(H,27,29). The zero-order chi connectivity index (χ0) is 24.7. The molecule has 0 aromatic heterocycles. The fourth-order valence-corrected chi connectivity index (χ4v) is 5.62. The van der Waals surface area contributed by atoms with Crippen LogP contribution in [0, 0.1) is 13.8 Å². The lowest BCUT2D eigenvalue weighted by Gasteiger charge is -2.25. The second-order valence-electron chi connectivity index (χ2n) is 8.58. The van der Waals surface area contributed by atoms with Crippen molar-refractivity contribution in [3.8, 4) is 11.5 Å². The molecule has 0 aliphatic heterocycles. The Morgan fingerprint density at radius 2 is 1.71 bits per heavy atom. The maximum Gasteiger partial charge on any atom is 0.264 e. The molecule has 0 unspecified atom stereocenters. The normalized spacial score (nSPS) is 13.7. The fourth-order valence-electron chi connectivity index (χ4n) is 4.19. The Labute approximate surface area is 202 Å². The summed E-state index contributed by atoms with van der Waals surface area (Å²) in [4.78, 5) is 12.9.